The molecule has 8 heteroatoms. The van der Waals surface area contributed by atoms with Gasteiger partial charge in [0.15, 0.2) is 5.82 Å². The first-order valence-electron chi connectivity index (χ1n) is 6.52. The van der Waals surface area contributed by atoms with Crippen LogP contribution in [0, 0.1) is 0 Å². The summed E-state index contributed by atoms with van der Waals surface area (Å²) in [4.78, 5) is 25.3. The second-order valence-electron chi connectivity index (χ2n) is 5.58. The van der Waals surface area contributed by atoms with Crippen LogP contribution in [0.15, 0.2) is 24.8 Å². The standard InChI is InChI=1S/C13H18N6O2/c1-9(18(12(20)21)13(2,3)4)10-16-8-17-19(10)11-14-6-5-7-15-11/h5-9H,1-4H3,(H,20,21). The first-order valence-corrected chi connectivity index (χ1v) is 6.52. The van der Waals surface area contributed by atoms with Gasteiger partial charge >= 0.3 is 6.09 Å². The number of carboxylic acid groups (broad SMARTS) is 1. The van der Waals surface area contributed by atoms with Crippen molar-refractivity contribution in [3.8, 4) is 5.95 Å². The molecular formula is C13H18N6O2. The lowest BCUT2D eigenvalue weighted by molar-refractivity contribution is 0.0719. The fourth-order valence-electron chi connectivity index (χ4n) is 2.24. The van der Waals surface area contributed by atoms with Gasteiger partial charge in [-0.1, -0.05) is 0 Å². The Hall–Kier alpha value is -2.51. The fourth-order valence-corrected chi connectivity index (χ4v) is 2.24. The summed E-state index contributed by atoms with van der Waals surface area (Å²) in [6, 6.07) is 1.20. The molecule has 1 unspecified atom stereocenters. The molecule has 0 bridgehead atoms. The molecule has 0 fully saturated rings. The van der Waals surface area contributed by atoms with Crippen LogP contribution in [0.4, 0.5) is 4.79 Å². The van der Waals surface area contributed by atoms with Gasteiger partial charge in [-0.05, 0) is 33.8 Å². The summed E-state index contributed by atoms with van der Waals surface area (Å²) in [5, 5.41) is 13.6. The van der Waals surface area contributed by atoms with E-state index < -0.39 is 17.7 Å². The maximum Gasteiger partial charge on any atom is 0.408 e. The van der Waals surface area contributed by atoms with Crippen LogP contribution in [-0.4, -0.2) is 46.4 Å². The molecule has 0 aromatic carbocycles. The number of carbonyl (C=O) groups is 1. The minimum atomic E-state index is -1.02. The topological polar surface area (TPSA) is 97.0 Å². The predicted octanol–water partition coefficient (Wildman–Crippen LogP) is 1.90. The van der Waals surface area contributed by atoms with Crippen LogP contribution in [0.2, 0.25) is 0 Å². The summed E-state index contributed by atoms with van der Waals surface area (Å²) in [5.41, 5.74) is -0.570. The molecule has 112 valence electrons. The van der Waals surface area contributed by atoms with Gasteiger partial charge in [0.25, 0.3) is 5.95 Å². The highest BCUT2D eigenvalue weighted by Crippen LogP contribution is 2.27. The molecule has 0 aliphatic carbocycles. The SMILES string of the molecule is CC(c1ncnn1-c1ncccn1)N(C(=O)O)C(C)(C)C. The second-order valence-corrected chi connectivity index (χ2v) is 5.58. The summed E-state index contributed by atoms with van der Waals surface area (Å²) >= 11 is 0. The minimum Gasteiger partial charge on any atom is -0.465 e. The summed E-state index contributed by atoms with van der Waals surface area (Å²) in [7, 11) is 0. The Labute approximate surface area is 122 Å². The monoisotopic (exact) mass is 290 g/mol. The fraction of sp³-hybridized carbons (Fsp3) is 0.462. The van der Waals surface area contributed by atoms with Gasteiger partial charge in [0.1, 0.15) is 6.33 Å². The Kier molecular flexibility index (Phi) is 3.88. The smallest absolute Gasteiger partial charge is 0.408 e. The van der Waals surface area contributed by atoms with Crippen LogP contribution in [0.1, 0.15) is 39.6 Å². The van der Waals surface area contributed by atoms with E-state index >= 15 is 0 Å². The Morgan fingerprint density at radius 1 is 1.29 bits per heavy atom. The van der Waals surface area contributed by atoms with Gasteiger partial charge in [-0.2, -0.15) is 9.78 Å². The van der Waals surface area contributed by atoms with Gasteiger partial charge in [-0.3, -0.25) is 4.90 Å². The Balaban J connectivity index is 2.43. The van der Waals surface area contributed by atoms with E-state index in [1.165, 1.54) is 15.9 Å². The van der Waals surface area contributed by atoms with Crippen molar-refractivity contribution in [1.29, 1.82) is 0 Å². The lowest BCUT2D eigenvalue weighted by Crippen LogP contribution is -2.47. The molecule has 0 radical (unpaired) electrons. The number of rotatable bonds is 3. The van der Waals surface area contributed by atoms with E-state index in [0.29, 0.717) is 11.8 Å². The molecule has 0 aliphatic rings. The van der Waals surface area contributed by atoms with Crippen molar-refractivity contribution in [2.75, 3.05) is 0 Å². The van der Waals surface area contributed by atoms with Crippen LogP contribution in [0.25, 0.3) is 5.95 Å². The summed E-state index contributed by atoms with van der Waals surface area (Å²) in [6.07, 6.45) is 3.54. The van der Waals surface area contributed by atoms with Gasteiger partial charge in [0, 0.05) is 17.9 Å². The third-order valence-corrected chi connectivity index (χ3v) is 3.01. The zero-order chi connectivity index (χ0) is 15.6. The first-order chi connectivity index (χ1) is 9.82. The molecule has 8 nitrogen and oxygen atoms in total. The summed E-state index contributed by atoms with van der Waals surface area (Å²) in [6.45, 7) is 7.26. The number of aromatic nitrogens is 5. The normalized spacial score (nSPS) is 13.0. The summed E-state index contributed by atoms with van der Waals surface area (Å²) < 4.78 is 1.45. The molecule has 2 heterocycles. The zero-order valence-electron chi connectivity index (χ0n) is 12.4. The van der Waals surface area contributed by atoms with E-state index in [-0.39, 0.29) is 0 Å². The van der Waals surface area contributed by atoms with E-state index in [2.05, 4.69) is 20.1 Å². The molecule has 1 atom stereocenters. The van der Waals surface area contributed by atoms with E-state index in [9.17, 15) is 9.90 Å². The van der Waals surface area contributed by atoms with E-state index in [0.717, 1.165) is 0 Å². The molecule has 0 saturated heterocycles. The van der Waals surface area contributed by atoms with Crippen LogP contribution >= 0.6 is 0 Å². The maximum absolute atomic E-state index is 11.6. The average Bonchev–Trinajstić information content (AvgIpc) is 2.86. The number of nitrogens with zero attached hydrogens (tertiary/aromatic N) is 6. The number of hydrogen-bond acceptors (Lipinski definition) is 5. The average molecular weight is 290 g/mol. The van der Waals surface area contributed by atoms with Crippen molar-refractivity contribution in [2.45, 2.75) is 39.3 Å². The quantitative estimate of drug-likeness (QED) is 0.927. The van der Waals surface area contributed by atoms with Gasteiger partial charge in [-0.25, -0.2) is 19.7 Å². The van der Waals surface area contributed by atoms with Crippen molar-refractivity contribution in [3.63, 3.8) is 0 Å². The molecule has 0 spiro atoms. The Bertz CT molecular complexity index is 619. The largest absolute Gasteiger partial charge is 0.465 e. The van der Waals surface area contributed by atoms with Gasteiger partial charge in [0.05, 0.1) is 6.04 Å². The third kappa shape index (κ3) is 2.99. The molecule has 0 aliphatic heterocycles. The predicted molar refractivity (Wildman–Crippen MR) is 75.0 cm³/mol. The van der Waals surface area contributed by atoms with E-state index in [4.69, 9.17) is 0 Å². The molecule has 2 rings (SSSR count). The summed E-state index contributed by atoms with van der Waals surface area (Å²) in [5.74, 6) is 0.828. The first kappa shape index (κ1) is 14.9. The van der Waals surface area contributed by atoms with Crippen LogP contribution < -0.4 is 0 Å². The number of hydrogen-bond donors (Lipinski definition) is 1. The van der Waals surface area contributed by atoms with Gasteiger partial charge < -0.3 is 5.11 Å². The molecule has 21 heavy (non-hydrogen) atoms. The molecule has 1 amide bonds. The molecule has 2 aromatic heterocycles. The molecule has 1 N–H and O–H groups in total. The molecular weight excluding hydrogens is 272 g/mol. The maximum atomic E-state index is 11.6. The van der Waals surface area contributed by atoms with Crippen LogP contribution in [0.5, 0.6) is 0 Å². The van der Waals surface area contributed by atoms with E-state index in [1.54, 1.807) is 25.4 Å². The van der Waals surface area contributed by atoms with Crippen molar-refractivity contribution in [1.82, 2.24) is 29.6 Å². The molecule has 0 saturated carbocycles. The van der Waals surface area contributed by atoms with Gasteiger partial charge in [0.2, 0.25) is 0 Å². The highest BCUT2D eigenvalue weighted by molar-refractivity contribution is 5.66. The van der Waals surface area contributed by atoms with Crippen LogP contribution in [-0.2, 0) is 0 Å². The Morgan fingerprint density at radius 2 is 1.90 bits per heavy atom. The highest BCUT2D eigenvalue weighted by atomic mass is 16.4. The highest BCUT2D eigenvalue weighted by Gasteiger charge is 2.34. The minimum absolute atomic E-state index is 0.357. The van der Waals surface area contributed by atoms with Crippen molar-refractivity contribution < 1.29 is 9.90 Å². The zero-order valence-corrected chi connectivity index (χ0v) is 12.4. The second kappa shape index (κ2) is 5.47. The lowest BCUT2D eigenvalue weighted by Gasteiger charge is -2.37. The van der Waals surface area contributed by atoms with Crippen molar-refractivity contribution in [3.05, 3.63) is 30.6 Å². The van der Waals surface area contributed by atoms with Crippen molar-refractivity contribution >= 4 is 6.09 Å². The van der Waals surface area contributed by atoms with E-state index in [1.807, 2.05) is 20.8 Å². The molecule has 2 aromatic rings. The third-order valence-electron chi connectivity index (χ3n) is 3.01. The number of amides is 1. The van der Waals surface area contributed by atoms with Crippen molar-refractivity contribution in [2.24, 2.45) is 0 Å². The lowest BCUT2D eigenvalue weighted by atomic mass is 10.0. The van der Waals surface area contributed by atoms with Crippen LogP contribution in [0.3, 0.4) is 0 Å². The van der Waals surface area contributed by atoms with Gasteiger partial charge in [-0.15, -0.1) is 0 Å². The Morgan fingerprint density at radius 3 is 2.43 bits per heavy atom.